The second-order valence-electron chi connectivity index (χ2n) is 6.53. The van der Waals surface area contributed by atoms with Gasteiger partial charge < -0.3 is 14.4 Å². The molecule has 0 N–H and O–H groups in total. The molecule has 1 amide bonds. The van der Waals surface area contributed by atoms with Gasteiger partial charge in [0.1, 0.15) is 5.60 Å². The van der Waals surface area contributed by atoms with Gasteiger partial charge in [-0.3, -0.25) is 0 Å². The van der Waals surface area contributed by atoms with Crippen molar-refractivity contribution in [2.24, 2.45) is 0 Å². The minimum absolute atomic E-state index is 0.263. The van der Waals surface area contributed by atoms with E-state index in [2.05, 4.69) is 4.74 Å². The lowest BCUT2D eigenvalue weighted by Gasteiger charge is -2.24. The number of carbonyl (C=O) groups is 2. The fourth-order valence-electron chi connectivity index (χ4n) is 2.53. The molecule has 1 atom stereocenters. The Hall–Kier alpha value is -2.04. The van der Waals surface area contributed by atoms with Crippen LogP contribution in [-0.4, -0.2) is 42.8 Å². The molecule has 0 aliphatic carbocycles. The molecule has 1 saturated heterocycles. The SMILES string of the molecule is COC(=O)c1ccc(C2CCN(C(=O)OC(C)(C)C)C2)cc1. The summed E-state index contributed by atoms with van der Waals surface area (Å²) >= 11 is 0. The highest BCUT2D eigenvalue weighted by Gasteiger charge is 2.30. The lowest BCUT2D eigenvalue weighted by molar-refractivity contribution is 0.0292. The van der Waals surface area contributed by atoms with Crippen LogP contribution in [0.5, 0.6) is 0 Å². The molecule has 1 heterocycles. The topological polar surface area (TPSA) is 55.8 Å². The molecule has 22 heavy (non-hydrogen) atoms. The maximum absolute atomic E-state index is 12.1. The third-order valence-corrected chi connectivity index (χ3v) is 3.64. The van der Waals surface area contributed by atoms with Gasteiger partial charge in [0.15, 0.2) is 0 Å². The Bertz CT molecular complexity index is 545. The van der Waals surface area contributed by atoms with E-state index < -0.39 is 5.60 Å². The molecule has 0 spiro atoms. The summed E-state index contributed by atoms with van der Waals surface area (Å²) in [5.74, 6) is -0.0624. The minimum atomic E-state index is -0.475. The van der Waals surface area contributed by atoms with Crippen molar-refractivity contribution >= 4 is 12.1 Å². The fraction of sp³-hybridized carbons (Fsp3) is 0.529. The standard InChI is InChI=1S/C17H23NO4/c1-17(2,3)22-16(20)18-10-9-14(11-18)12-5-7-13(8-6-12)15(19)21-4/h5-8,14H,9-11H2,1-4H3. The van der Waals surface area contributed by atoms with Crippen LogP contribution in [0.3, 0.4) is 0 Å². The van der Waals surface area contributed by atoms with Gasteiger partial charge in [0, 0.05) is 19.0 Å². The van der Waals surface area contributed by atoms with Gasteiger partial charge in [-0.15, -0.1) is 0 Å². The number of likely N-dealkylation sites (tertiary alicyclic amines) is 1. The molecule has 2 rings (SSSR count). The molecule has 5 nitrogen and oxygen atoms in total. The van der Waals surface area contributed by atoms with Crippen molar-refractivity contribution in [1.82, 2.24) is 4.90 Å². The average Bonchev–Trinajstić information content (AvgIpc) is 2.95. The smallest absolute Gasteiger partial charge is 0.410 e. The van der Waals surface area contributed by atoms with Gasteiger partial charge >= 0.3 is 12.1 Å². The Labute approximate surface area is 131 Å². The number of hydrogen-bond donors (Lipinski definition) is 0. The zero-order valence-corrected chi connectivity index (χ0v) is 13.6. The van der Waals surface area contributed by atoms with Crippen LogP contribution in [0.1, 0.15) is 49.0 Å². The Morgan fingerprint density at radius 1 is 1.18 bits per heavy atom. The number of esters is 1. The van der Waals surface area contributed by atoms with E-state index in [0.717, 1.165) is 12.0 Å². The normalized spacial score (nSPS) is 18.2. The molecule has 1 aliphatic heterocycles. The van der Waals surface area contributed by atoms with Crippen molar-refractivity contribution in [1.29, 1.82) is 0 Å². The van der Waals surface area contributed by atoms with Gasteiger partial charge in [-0.05, 0) is 44.9 Å². The van der Waals surface area contributed by atoms with Crippen LogP contribution >= 0.6 is 0 Å². The van der Waals surface area contributed by atoms with Crippen LogP contribution in [0.4, 0.5) is 4.79 Å². The number of rotatable bonds is 2. The molecule has 1 unspecified atom stereocenters. The number of amides is 1. The van der Waals surface area contributed by atoms with Crippen molar-refractivity contribution in [2.45, 2.75) is 38.7 Å². The highest BCUT2D eigenvalue weighted by Crippen LogP contribution is 2.28. The predicted molar refractivity (Wildman–Crippen MR) is 82.9 cm³/mol. The van der Waals surface area contributed by atoms with Crippen LogP contribution in [0.25, 0.3) is 0 Å². The number of benzene rings is 1. The Morgan fingerprint density at radius 2 is 1.82 bits per heavy atom. The van der Waals surface area contributed by atoms with Crippen LogP contribution < -0.4 is 0 Å². The van der Waals surface area contributed by atoms with Gasteiger partial charge in [-0.25, -0.2) is 9.59 Å². The van der Waals surface area contributed by atoms with Gasteiger partial charge in [-0.2, -0.15) is 0 Å². The van der Waals surface area contributed by atoms with E-state index in [-0.39, 0.29) is 18.0 Å². The van der Waals surface area contributed by atoms with Crippen LogP contribution in [0, 0.1) is 0 Å². The molecule has 1 aromatic carbocycles. The first-order chi connectivity index (χ1) is 10.3. The Kier molecular flexibility index (Phi) is 4.74. The summed E-state index contributed by atoms with van der Waals surface area (Å²) in [6, 6.07) is 7.37. The number of carbonyl (C=O) groups excluding carboxylic acids is 2. The van der Waals surface area contributed by atoms with E-state index >= 15 is 0 Å². The molecule has 5 heteroatoms. The first kappa shape index (κ1) is 16.3. The second kappa shape index (κ2) is 6.38. The van der Waals surface area contributed by atoms with Crippen LogP contribution in [-0.2, 0) is 9.47 Å². The molecular formula is C17H23NO4. The van der Waals surface area contributed by atoms with E-state index in [1.54, 1.807) is 17.0 Å². The summed E-state index contributed by atoms with van der Waals surface area (Å²) in [6.07, 6.45) is 0.637. The molecule has 0 radical (unpaired) electrons. The second-order valence-corrected chi connectivity index (χ2v) is 6.53. The maximum atomic E-state index is 12.1. The largest absolute Gasteiger partial charge is 0.465 e. The first-order valence-electron chi connectivity index (χ1n) is 7.46. The summed E-state index contributed by atoms with van der Waals surface area (Å²) in [7, 11) is 1.37. The zero-order chi connectivity index (χ0) is 16.3. The van der Waals surface area contributed by atoms with E-state index in [1.165, 1.54) is 7.11 Å². The predicted octanol–water partition coefficient (Wildman–Crippen LogP) is 3.20. The minimum Gasteiger partial charge on any atom is -0.465 e. The van der Waals surface area contributed by atoms with Crippen LogP contribution in [0.15, 0.2) is 24.3 Å². The molecule has 1 aliphatic rings. The molecule has 1 aromatic rings. The monoisotopic (exact) mass is 305 g/mol. The van der Waals surface area contributed by atoms with Gasteiger partial charge in [-0.1, -0.05) is 12.1 Å². The maximum Gasteiger partial charge on any atom is 0.410 e. The van der Waals surface area contributed by atoms with E-state index in [9.17, 15) is 9.59 Å². The molecule has 0 saturated carbocycles. The number of methoxy groups -OCH3 is 1. The zero-order valence-electron chi connectivity index (χ0n) is 13.6. The lowest BCUT2D eigenvalue weighted by Crippen LogP contribution is -2.35. The van der Waals surface area contributed by atoms with Crippen molar-refractivity contribution < 1.29 is 19.1 Å². The summed E-state index contributed by atoms with van der Waals surface area (Å²) in [5, 5.41) is 0. The molecule has 120 valence electrons. The van der Waals surface area contributed by atoms with Gasteiger partial charge in [0.05, 0.1) is 12.7 Å². The van der Waals surface area contributed by atoms with Crippen molar-refractivity contribution in [2.75, 3.05) is 20.2 Å². The Balaban J connectivity index is 1.98. The highest BCUT2D eigenvalue weighted by molar-refractivity contribution is 5.89. The van der Waals surface area contributed by atoms with Crippen LogP contribution in [0.2, 0.25) is 0 Å². The number of hydrogen-bond acceptors (Lipinski definition) is 4. The van der Waals surface area contributed by atoms with E-state index in [4.69, 9.17) is 4.74 Å². The summed E-state index contributed by atoms with van der Waals surface area (Å²) < 4.78 is 10.1. The third-order valence-electron chi connectivity index (χ3n) is 3.64. The van der Waals surface area contributed by atoms with Gasteiger partial charge in [0.25, 0.3) is 0 Å². The quantitative estimate of drug-likeness (QED) is 0.787. The molecular weight excluding hydrogens is 282 g/mol. The average molecular weight is 305 g/mol. The van der Waals surface area contributed by atoms with E-state index in [1.807, 2.05) is 32.9 Å². The lowest BCUT2D eigenvalue weighted by atomic mass is 9.97. The summed E-state index contributed by atoms with van der Waals surface area (Å²) in [4.78, 5) is 25.2. The third kappa shape index (κ3) is 4.00. The molecule has 1 fully saturated rings. The first-order valence-corrected chi connectivity index (χ1v) is 7.46. The fourth-order valence-corrected chi connectivity index (χ4v) is 2.53. The highest BCUT2D eigenvalue weighted by atomic mass is 16.6. The Morgan fingerprint density at radius 3 is 2.36 bits per heavy atom. The van der Waals surface area contributed by atoms with Gasteiger partial charge in [0.2, 0.25) is 0 Å². The number of nitrogens with zero attached hydrogens (tertiary/aromatic N) is 1. The van der Waals surface area contributed by atoms with Crippen molar-refractivity contribution in [3.63, 3.8) is 0 Å². The molecule has 0 bridgehead atoms. The van der Waals surface area contributed by atoms with E-state index in [0.29, 0.717) is 18.7 Å². The summed E-state index contributed by atoms with van der Waals surface area (Å²) in [6.45, 7) is 6.93. The molecule has 0 aromatic heterocycles. The summed E-state index contributed by atoms with van der Waals surface area (Å²) in [5.41, 5.74) is 1.18. The van der Waals surface area contributed by atoms with Crippen molar-refractivity contribution in [3.05, 3.63) is 35.4 Å². The number of ether oxygens (including phenoxy) is 2. The van der Waals surface area contributed by atoms with Crippen molar-refractivity contribution in [3.8, 4) is 0 Å².